The molecule has 1 N–H and O–H groups in total. The minimum Gasteiger partial charge on any atom is -0.508 e. The maximum Gasteiger partial charge on any atom is 0.248 e. The number of aromatic nitrogens is 2. The first-order valence-electron chi connectivity index (χ1n) is 5.92. The summed E-state index contributed by atoms with van der Waals surface area (Å²) >= 11 is 0. The van der Waals surface area contributed by atoms with Crippen LogP contribution in [0.1, 0.15) is 5.56 Å². The number of nitrogens with zero attached hydrogens (tertiary/aromatic N) is 2. The van der Waals surface area contributed by atoms with Crippen LogP contribution in [-0.4, -0.2) is 15.3 Å². The van der Waals surface area contributed by atoms with Crippen LogP contribution in [0.4, 0.5) is 0 Å². The third-order valence-corrected chi connectivity index (χ3v) is 2.78. The molecule has 0 saturated heterocycles. The van der Waals surface area contributed by atoms with Gasteiger partial charge in [-0.15, -0.1) is 10.2 Å². The van der Waals surface area contributed by atoms with E-state index in [0.29, 0.717) is 17.3 Å². The molecule has 0 bridgehead atoms. The van der Waals surface area contributed by atoms with Crippen molar-refractivity contribution in [3.63, 3.8) is 0 Å². The topological polar surface area (TPSA) is 59.2 Å². The largest absolute Gasteiger partial charge is 0.508 e. The summed E-state index contributed by atoms with van der Waals surface area (Å²) in [4.78, 5) is 0. The highest BCUT2D eigenvalue weighted by Gasteiger charge is 2.10. The molecule has 3 rings (SSSR count). The van der Waals surface area contributed by atoms with Gasteiger partial charge in [-0.05, 0) is 37.3 Å². The Morgan fingerprint density at radius 1 is 0.895 bits per heavy atom. The van der Waals surface area contributed by atoms with E-state index in [1.54, 1.807) is 18.2 Å². The third-order valence-electron chi connectivity index (χ3n) is 2.78. The van der Waals surface area contributed by atoms with E-state index < -0.39 is 0 Å². The Balaban J connectivity index is 2.00. The average molecular weight is 252 g/mol. The molecule has 4 heteroatoms. The van der Waals surface area contributed by atoms with Crippen molar-refractivity contribution in [2.75, 3.05) is 0 Å². The minimum atomic E-state index is 0.174. The molecule has 0 aliphatic carbocycles. The second-order valence-corrected chi connectivity index (χ2v) is 4.33. The van der Waals surface area contributed by atoms with Crippen molar-refractivity contribution in [3.05, 3.63) is 54.1 Å². The second-order valence-electron chi connectivity index (χ2n) is 4.33. The van der Waals surface area contributed by atoms with Crippen LogP contribution in [0.25, 0.3) is 22.9 Å². The van der Waals surface area contributed by atoms with Crippen LogP contribution in [0.2, 0.25) is 0 Å². The van der Waals surface area contributed by atoms with Crippen LogP contribution in [-0.2, 0) is 0 Å². The molecule has 0 aliphatic rings. The van der Waals surface area contributed by atoms with E-state index in [9.17, 15) is 5.11 Å². The van der Waals surface area contributed by atoms with Gasteiger partial charge in [0.05, 0.1) is 0 Å². The van der Waals surface area contributed by atoms with Gasteiger partial charge in [0, 0.05) is 11.1 Å². The summed E-state index contributed by atoms with van der Waals surface area (Å²) in [5.74, 6) is 1.04. The lowest BCUT2D eigenvalue weighted by atomic mass is 10.1. The van der Waals surface area contributed by atoms with E-state index in [0.717, 1.165) is 11.1 Å². The summed E-state index contributed by atoms with van der Waals surface area (Å²) in [7, 11) is 0. The Hall–Kier alpha value is -2.62. The predicted octanol–water partition coefficient (Wildman–Crippen LogP) is 3.42. The molecule has 0 spiro atoms. The van der Waals surface area contributed by atoms with Crippen molar-refractivity contribution in [2.24, 2.45) is 0 Å². The van der Waals surface area contributed by atoms with Gasteiger partial charge < -0.3 is 9.52 Å². The lowest BCUT2D eigenvalue weighted by Crippen LogP contribution is -1.78. The molecule has 0 aliphatic heterocycles. The Kier molecular flexibility index (Phi) is 2.76. The van der Waals surface area contributed by atoms with Gasteiger partial charge >= 0.3 is 0 Å². The molecule has 0 amide bonds. The lowest BCUT2D eigenvalue weighted by Gasteiger charge is -1.97. The molecule has 4 nitrogen and oxygen atoms in total. The summed E-state index contributed by atoms with van der Waals surface area (Å²) in [6, 6.07) is 14.6. The van der Waals surface area contributed by atoms with Gasteiger partial charge in [-0.3, -0.25) is 0 Å². The Labute approximate surface area is 110 Å². The van der Waals surface area contributed by atoms with E-state index >= 15 is 0 Å². The summed E-state index contributed by atoms with van der Waals surface area (Å²) in [6.45, 7) is 2.01. The highest BCUT2D eigenvalue weighted by Crippen LogP contribution is 2.26. The fourth-order valence-electron chi connectivity index (χ4n) is 1.87. The maximum absolute atomic E-state index is 9.44. The van der Waals surface area contributed by atoms with Gasteiger partial charge in [-0.2, -0.15) is 0 Å². The molecular formula is C15H12N2O2. The standard InChI is InChI=1S/C15H12N2O2/c1-10-4-2-5-11(8-10)14-16-17-15(19-14)12-6-3-7-13(18)9-12/h2-9,18H,1H3. The van der Waals surface area contributed by atoms with Crippen LogP contribution in [0.15, 0.2) is 52.9 Å². The van der Waals surface area contributed by atoms with Gasteiger partial charge in [-0.1, -0.05) is 23.8 Å². The fraction of sp³-hybridized carbons (Fsp3) is 0.0667. The van der Waals surface area contributed by atoms with Crippen LogP contribution >= 0.6 is 0 Å². The highest BCUT2D eigenvalue weighted by molar-refractivity contribution is 5.59. The van der Waals surface area contributed by atoms with Crippen molar-refractivity contribution < 1.29 is 9.52 Å². The average Bonchev–Trinajstić information content (AvgIpc) is 2.88. The van der Waals surface area contributed by atoms with Crippen molar-refractivity contribution in [3.8, 4) is 28.7 Å². The molecule has 1 heterocycles. The molecule has 3 aromatic rings. The first-order chi connectivity index (χ1) is 9.22. The zero-order chi connectivity index (χ0) is 13.2. The number of benzene rings is 2. The highest BCUT2D eigenvalue weighted by atomic mass is 16.4. The van der Waals surface area contributed by atoms with Gasteiger partial charge in [0.15, 0.2) is 0 Å². The van der Waals surface area contributed by atoms with E-state index in [1.165, 1.54) is 0 Å². The Bertz CT molecular complexity index is 659. The van der Waals surface area contributed by atoms with E-state index in [-0.39, 0.29) is 5.75 Å². The smallest absolute Gasteiger partial charge is 0.248 e. The van der Waals surface area contributed by atoms with E-state index in [4.69, 9.17) is 4.42 Å². The molecule has 2 aromatic carbocycles. The summed E-state index contributed by atoms with van der Waals surface area (Å²) in [5.41, 5.74) is 2.72. The van der Waals surface area contributed by atoms with Crippen LogP contribution < -0.4 is 0 Å². The van der Waals surface area contributed by atoms with E-state index in [2.05, 4.69) is 10.2 Å². The van der Waals surface area contributed by atoms with Crippen molar-refractivity contribution in [1.29, 1.82) is 0 Å². The Morgan fingerprint density at radius 2 is 1.53 bits per heavy atom. The zero-order valence-electron chi connectivity index (χ0n) is 10.4. The van der Waals surface area contributed by atoms with E-state index in [1.807, 2.05) is 37.3 Å². The predicted molar refractivity (Wildman–Crippen MR) is 71.6 cm³/mol. The number of hydrogen-bond acceptors (Lipinski definition) is 4. The number of aryl methyl sites for hydroxylation is 1. The lowest BCUT2D eigenvalue weighted by molar-refractivity contribution is 0.475. The molecule has 0 atom stereocenters. The fourth-order valence-corrected chi connectivity index (χ4v) is 1.87. The number of phenols is 1. The molecule has 0 saturated carbocycles. The molecule has 0 radical (unpaired) electrons. The molecular weight excluding hydrogens is 240 g/mol. The molecule has 94 valence electrons. The van der Waals surface area contributed by atoms with Crippen molar-refractivity contribution in [2.45, 2.75) is 6.92 Å². The minimum absolute atomic E-state index is 0.174. The first kappa shape index (κ1) is 11.5. The van der Waals surface area contributed by atoms with Crippen LogP contribution in [0, 0.1) is 6.92 Å². The summed E-state index contributed by atoms with van der Waals surface area (Å²) in [5, 5.41) is 17.5. The number of phenolic OH excluding ortho intramolecular Hbond substituents is 1. The van der Waals surface area contributed by atoms with Gasteiger partial charge in [0.2, 0.25) is 11.8 Å². The third kappa shape index (κ3) is 2.33. The van der Waals surface area contributed by atoms with Crippen LogP contribution in [0.3, 0.4) is 0 Å². The van der Waals surface area contributed by atoms with Gasteiger partial charge in [0.25, 0.3) is 0 Å². The van der Waals surface area contributed by atoms with Gasteiger partial charge in [0.1, 0.15) is 5.75 Å². The normalized spacial score (nSPS) is 10.6. The van der Waals surface area contributed by atoms with Crippen LogP contribution in [0.5, 0.6) is 5.75 Å². The maximum atomic E-state index is 9.44. The summed E-state index contributed by atoms with van der Waals surface area (Å²) < 4.78 is 5.63. The number of hydrogen-bond donors (Lipinski definition) is 1. The van der Waals surface area contributed by atoms with Gasteiger partial charge in [-0.25, -0.2) is 0 Å². The molecule has 0 fully saturated rings. The number of aromatic hydroxyl groups is 1. The Morgan fingerprint density at radius 3 is 2.16 bits per heavy atom. The zero-order valence-corrected chi connectivity index (χ0v) is 10.4. The quantitative estimate of drug-likeness (QED) is 0.759. The monoisotopic (exact) mass is 252 g/mol. The van der Waals surface area contributed by atoms with Crippen molar-refractivity contribution in [1.82, 2.24) is 10.2 Å². The first-order valence-corrected chi connectivity index (χ1v) is 5.92. The molecule has 0 unspecified atom stereocenters. The summed E-state index contributed by atoms with van der Waals surface area (Å²) in [6.07, 6.45) is 0. The molecule has 19 heavy (non-hydrogen) atoms. The molecule has 1 aromatic heterocycles. The van der Waals surface area contributed by atoms with Crippen molar-refractivity contribution >= 4 is 0 Å². The SMILES string of the molecule is Cc1cccc(-c2nnc(-c3cccc(O)c3)o2)c1. The second kappa shape index (κ2) is 4.57. The number of rotatable bonds is 2.